The standard InChI is InChI=1S/C12H24N2O2/c1-2-3-8-13-12(16)14-9-4-6-11(14)7-5-10-15/h11,15H,2-10H2,1H3,(H,13,16). The summed E-state index contributed by atoms with van der Waals surface area (Å²) >= 11 is 0. The molecular formula is C12H24N2O2. The molecule has 0 aromatic rings. The topological polar surface area (TPSA) is 52.6 Å². The summed E-state index contributed by atoms with van der Waals surface area (Å²) in [6.45, 7) is 3.99. The van der Waals surface area contributed by atoms with Crippen LogP contribution in [0.15, 0.2) is 0 Å². The van der Waals surface area contributed by atoms with E-state index in [4.69, 9.17) is 5.11 Å². The highest BCUT2D eigenvalue weighted by Crippen LogP contribution is 2.21. The van der Waals surface area contributed by atoms with Gasteiger partial charge >= 0.3 is 6.03 Å². The van der Waals surface area contributed by atoms with Crippen molar-refractivity contribution in [2.24, 2.45) is 0 Å². The lowest BCUT2D eigenvalue weighted by atomic mass is 10.1. The van der Waals surface area contributed by atoms with Crippen LogP contribution < -0.4 is 5.32 Å². The van der Waals surface area contributed by atoms with Crippen LogP contribution in [0.3, 0.4) is 0 Å². The van der Waals surface area contributed by atoms with Gasteiger partial charge in [0.1, 0.15) is 0 Å². The van der Waals surface area contributed by atoms with Crippen molar-refractivity contribution < 1.29 is 9.90 Å². The van der Waals surface area contributed by atoms with E-state index < -0.39 is 0 Å². The second-order valence-electron chi connectivity index (χ2n) is 4.44. The van der Waals surface area contributed by atoms with E-state index in [9.17, 15) is 4.79 Å². The highest BCUT2D eigenvalue weighted by Gasteiger charge is 2.27. The summed E-state index contributed by atoms with van der Waals surface area (Å²) in [5.74, 6) is 0. The Hall–Kier alpha value is -0.770. The van der Waals surface area contributed by atoms with E-state index in [2.05, 4.69) is 12.2 Å². The smallest absolute Gasteiger partial charge is 0.317 e. The number of unbranched alkanes of at least 4 members (excludes halogenated alkanes) is 1. The van der Waals surface area contributed by atoms with Gasteiger partial charge in [-0.15, -0.1) is 0 Å². The summed E-state index contributed by atoms with van der Waals surface area (Å²) in [4.78, 5) is 13.8. The van der Waals surface area contributed by atoms with Crippen molar-refractivity contribution >= 4 is 6.03 Å². The van der Waals surface area contributed by atoms with Gasteiger partial charge in [-0.05, 0) is 32.1 Å². The molecule has 4 heteroatoms. The minimum Gasteiger partial charge on any atom is -0.396 e. The first-order chi connectivity index (χ1) is 7.79. The molecule has 0 spiro atoms. The SMILES string of the molecule is CCCCNC(=O)N1CCCC1CCCO. The molecule has 0 radical (unpaired) electrons. The Labute approximate surface area is 98.0 Å². The van der Waals surface area contributed by atoms with Crippen molar-refractivity contribution in [3.05, 3.63) is 0 Å². The third-order valence-corrected chi connectivity index (χ3v) is 3.14. The van der Waals surface area contributed by atoms with Crippen LogP contribution in [-0.2, 0) is 0 Å². The maximum atomic E-state index is 11.8. The first kappa shape index (κ1) is 13.3. The first-order valence-corrected chi connectivity index (χ1v) is 6.45. The Kier molecular flexibility index (Phi) is 6.23. The lowest BCUT2D eigenvalue weighted by Crippen LogP contribution is -2.43. The number of carbonyl (C=O) groups excluding carboxylic acids is 1. The lowest BCUT2D eigenvalue weighted by molar-refractivity contribution is 0.184. The average Bonchev–Trinajstić information content (AvgIpc) is 2.74. The summed E-state index contributed by atoms with van der Waals surface area (Å²) in [5, 5.41) is 11.8. The van der Waals surface area contributed by atoms with E-state index in [0.29, 0.717) is 6.04 Å². The van der Waals surface area contributed by atoms with Crippen molar-refractivity contribution in [3.63, 3.8) is 0 Å². The van der Waals surface area contributed by atoms with Gasteiger partial charge in [-0.1, -0.05) is 13.3 Å². The number of hydrogen-bond donors (Lipinski definition) is 2. The number of aliphatic hydroxyl groups excluding tert-OH is 1. The Morgan fingerprint density at radius 3 is 3.00 bits per heavy atom. The maximum absolute atomic E-state index is 11.8. The number of carbonyl (C=O) groups is 1. The number of nitrogens with zero attached hydrogens (tertiary/aromatic N) is 1. The molecule has 1 aliphatic heterocycles. The highest BCUT2D eigenvalue weighted by atomic mass is 16.3. The molecule has 2 N–H and O–H groups in total. The zero-order chi connectivity index (χ0) is 11.8. The van der Waals surface area contributed by atoms with Gasteiger partial charge in [-0.3, -0.25) is 0 Å². The molecule has 1 unspecified atom stereocenters. The summed E-state index contributed by atoms with van der Waals surface area (Å²) in [7, 11) is 0. The van der Waals surface area contributed by atoms with Gasteiger partial charge in [-0.25, -0.2) is 4.79 Å². The normalized spacial score (nSPS) is 20.1. The van der Waals surface area contributed by atoms with E-state index in [1.165, 1.54) is 0 Å². The fourth-order valence-corrected chi connectivity index (χ4v) is 2.20. The van der Waals surface area contributed by atoms with E-state index in [1.54, 1.807) is 0 Å². The second kappa shape index (κ2) is 7.49. The molecule has 0 bridgehead atoms. The summed E-state index contributed by atoms with van der Waals surface area (Å²) in [6.07, 6.45) is 6.05. The largest absolute Gasteiger partial charge is 0.396 e. The molecule has 16 heavy (non-hydrogen) atoms. The predicted molar refractivity (Wildman–Crippen MR) is 64.4 cm³/mol. The van der Waals surface area contributed by atoms with E-state index in [0.717, 1.165) is 51.6 Å². The number of rotatable bonds is 6. The number of hydrogen-bond acceptors (Lipinski definition) is 2. The van der Waals surface area contributed by atoms with Crippen molar-refractivity contribution in [2.45, 2.75) is 51.5 Å². The van der Waals surface area contributed by atoms with Gasteiger partial charge in [0.15, 0.2) is 0 Å². The molecular weight excluding hydrogens is 204 g/mol. The Balaban J connectivity index is 2.29. The number of urea groups is 1. The minimum atomic E-state index is 0.0777. The van der Waals surface area contributed by atoms with E-state index in [1.807, 2.05) is 4.90 Å². The fraction of sp³-hybridized carbons (Fsp3) is 0.917. The Bertz CT molecular complexity index is 209. The molecule has 94 valence electrons. The number of likely N-dealkylation sites (tertiary alicyclic amines) is 1. The van der Waals surface area contributed by atoms with Crippen LogP contribution in [0.5, 0.6) is 0 Å². The van der Waals surface area contributed by atoms with Crippen LogP contribution >= 0.6 is 0 Å². The molecule has 1 atom stereocenters. The molecule has 0 aromatic heterocycles. The van der Waals surface area contributed by atoms with Crippen LogP contribution in [0.4, 0.5) is 4.79 Å². The Morgan fingerprint density at radius 2 is 2.31 bits per heavy atom. The molecule has 0 aliphatic carbocycles. The third-order valence-electron chi connectivity index (χ3n) is 3.14. The Morgan fingerprint density at radius 1 is 1.50 bits per heavy atom. The van der Waals surface area contributed by atoms with Crippen molar-refractivity contribution in [1.29, 1.82) is 0 Å². The average molecular weight is 228 g/mol. The minimum absolute atomic E-state index is 0.0777. The monoisotopic (exact) mass is 228 g/mol. The van der Waals surface area contributed by atoms with Crippen LogP contribution in [-0.4, -0.2) is 41.8 Å². The van der Waals surface area contributed by atoms with Crippen molar-refractivity contribution in [2.75, 3.05) is 19.7 Å². The molecule has 1 rings (SSSR count). The zero-order valence-corrected chi connectivity index (χ0v) is 10.2. The van der Waals surface area contributed by atoms with Gasteiger partial charge < -0.3 is 15.3 Å². The number of nitrogens with one attached hydrogen (secondary N) is 1. The van der Waals surface area contributed by atoms with Crippen LogP contribution in [0.1, 0.15) is 45.4 Å². The molecule has 0 aromatic carbocycles. The first-order valence-electron chi connectivity index (χ1n) is 6.45. The number of aliphatic hydroxyl groups is 1. The van der Waals surface area contributed by atoms with Gasteiger partial charge in [0, 0.05) is 25.7 Å². The number of amides is 2. The van der Waals surface area contributed by atoms with Crippen LogP contribution in [0, 0.1) is 0 Å². The molecule has 1 heterocycles. The van der Waals surface area contributed by atoms with Gasteiger partial charge in [0.05, 0.1) is 0 Å². The highest BCUT2D eigenvalue weighted by molar-refractivity contribution is 5.74. The summed E-state index contributed by atoms with van der Waals surface area (Å²) in [6, 6.07) is 0.419. The lowest BCUT2D eigenvalue weighted by Gasteiger charge is -2.24. The maximum Gasteiger partial charge on any atom is 0.317 e. The van der Waals surface area contributed by atoms with Crippen LogP contribution in [0.25, 0.3) is 0 Å². The second-order valence-corrected chi connectivity index (χ2v) is 4.44. The van der Waals surface area contributed by atoms with E-state index in [-0.39, 0.29) is 12.6 Å². The van der Waals surface area contributed by atoms with Crippen LogP contribution in [0.2, 0.25) is 0 Å². The van der Waals surface area contributed by atoms with Gasteiger partial charge in [0.25, 0.3) is 0 Å². The fourth-order valence-electron chi connectivity index (χ4n) is 2.20. The molecule has 0 saturated carbocycles. The summed E-state index contributed by atoms with van der Waals surface area (Å²) < 4.78 is 0. The van der Waals surface area contributed by atoms with Gasteiger partial charge in [-0.2, -0.15) is 0 Å². The predicted octanol–water partition coefficient (Wildman–Crippen LogP) is 1.73. The quantitative estimate of drug-likeness (QED) is 0.680. The zero-order valence-electron chi connectivity index (χ0n) is 10.2. The third kappa shape index (κ3) is 4.00. The van der Waals surface area contributed by atoms with Crippen molar-refractivity contribution in [1.82, 2.24) is 10.2 Å². The van der Waals surface area contributed by atoms with Gasteiger partial charge in [0.2, 0.25) is 0 Å². The summed E-state index contributed by atoms with van der Waals surface area (Å²) in [5.41, 5.74) is 0. The van der Waals surface area contributed by atoms with Crippen molar-refractivity contribution in [3.8, 4) is 0 Å². The molecule has 4 nitrogen and oxygen atoms in total. The van der Waals surface area contributed by atoms with E-state index >= 15 is 0 Å². The molecule has 2 amide bonds. The molecule has 1 aliphatic rings. The molecule has 1 saturated heterocycles. The molecule has 1 fully saturated rings.